The van der Waals surface area contributed by atoms with Crippen molar-refractivity contribution in [3.63, 3.8) is 0 Å². The summed E-state index contributed by atoms with van der Waals surface area (Å²) in [4.78, 5) is 25.3. The molecule has 3 rings (SSSR count). The number of hydrogen-bond acceptors (Lipinski definition) is 5. The highest BCUT2D eigenvalue weighted by Crippen LogP contribution is 2.43. The number of esters is 1. The van der Waals surface area contributed by atoms with E-state index in [2.05, 4.69) is 6.58 Å². The Kier molecular flexibility index (Phi) is 6.36. The largest absolute Gasteiger partial charge is 0.495 e. The van der Waals surface area contributed by atoms with Crippen LogP contribution in [0.25, 0.3) is 10.1 Å². The molecule has 0 bridgehead atoms. The van der Waals surface area contributed by atoms with Gasteiger partial charge in [-0.1, -0.05) is 29.3 Å². The maximum absolute atomic E-state index is 12.6. The summed E-state index contributed by atoms with van der Waals surface area (Å²) in [6.07, 6.45) is 1.76. The molecule has 0 aliphatic carbocycles. The van der Waals surface area contributed by atoms with Crippen LogP contribution in [0.2, 0.25) is 10.0 Å². The highest BCUT2D eigenvalue weighted by Gasteiger charge is 2.23. The van der Waals surface area contributed by atoms with Gasteiger partial charge in [0.05, 0.1) is 16.8 Å². The summed E-state index contributed by atoms with van der Waals surface area (Å²) in [6, 6.07) is 5.20. The van der Waals surface area contributed by atoms with Gasteiger partial charge in [0.1, 0.15) is 15.6 Å². The van der Waals surface area contributed by atoms with Crippen molar-refractivity contribution in [1.29, 1.82) is 0 Å². The van der Waals surface area contributed by atoms with Crippen LogP contribution in [0.1, 0.15) is 31.4 Å². The van der Waals surface area contributed by atoms with Gasteiger partial charge < -0.3 is 14.0 Å². The zero-order chi connectivity index (χ0) is 21.3. The smallest absolute Gasteiger partial charge is 0.350 e. The molecule has 2 heterocycles. The van der Waals surface area contributed by atoms with Gasteiger partial charge in [-0.05, 0) is 32.0 Å². The SMILES string of the molecule is C=CCn1c(C)cc(C(=O)COC(=O)c2sc3c(Cl)c(OC)ccc3c2Cl)c1C. The van der Waals surface area contributed by atoms with Crippen molar-refractivity contribution in [2.75, 3.05) is 13.7 Å². The van der Waals surface area contributed by atoms with Crippen LogP contribution >= 0.6 is 34.5 Å². The Bertz CT molecular complexity index is 1130. The molecule has 8 heteroatoms. The Morgan fingerprint density at radius 3 is 2.62 bits per heavy atom. The van der Waals surface area contributed by atoms with Crippen LogP contribution in [0.4, 0.5) is 0 Å². The monoisotopic (exact) mass is 451 g/mol. The Hall–Kier alpha value is -2.28. The van der Waals surface area contributed by atoms with E-state index in [1.807, 2.05) is 18.4 Å². The molecule has 29 heavy (non-hydrogen) atoms. The van der Waals surface area contributed by atoms with Gasteiger partial charge in [-0.25, -0.2) is 4.79 Å². The highest BCUT2D eigenvalue weighted by molar-refractivity contribution is 7.22. The van der Waals surface area contributed by atoms with Crippen LogP contribution in [-0.4, -0.2) is 30.0 Å². The van der Waals surface area contributed by atoms with Gasteiger partial charge in [0.25, 0.3) is 0 Å². The molecule has 2 aromatic heterocycles. The van der Waals surface area contributed by atoms with Crippen molar-refractivity contribution >= 4 is 56.4 Å². The number of nitrogens with zero attached hydrogens (tertiary/aromatic N) is 1. The van der Waals surface area contributed by atoms with E-state index in [0.29, 0.717) is 33.0 Å². The molecule has 0 saturated heterocycles. The number of Topliss-reactive ketones (excluding diaryl/α,β-unsaturated/α-hetero) is 1. The van der Waals surface area contributed by atoms with Crippen molar-refractivity contribution in [2.24, 2.45) is 0 Å². The summed E-state index contributed by atoms with van der Waals surface area (Å²) in [5.74, 6) is -0.458. The van der Waals surface area contributed by atoms with E-state index >= 15 is 0 Å². The first-order valence-corrected chi connectivity index (χ1v) is 10.3. The molecule has 0 N–H and O–H groups in total. The van der Waals surface area contributed by atoms with Crippen LogP contribution < -0.4 is 4.74 Å². The van der Waals surface area contributed by atoms with E-state index in [-0.39, 0.29) is 22.3 Å². The van der Waals surface area contributed by atoms with Gasteiger partial charge in [0.15, 0.2) is 6.61 Å². The number of thiophene rings is 1. The fourth-order valence-corrected chi connectivity index (χ4v) is 4.92. The molecule has 0 fully saturated rings. The zero-order valence-corrected chi connectivity index (χ0v) is 18.5. The third-order valence-electron chi connectivity index (χ3n) is 4.63. The minimum absolute atomic E-state index is 0.196. The van der Waals surface area contributed by atoms with E-state index in [0.717, 1.165) is 22.7 Å². The number of aryl methyl sites for hydroxylation is 1. The Morgan fingerprint density at radius 1 is 1.24 bits per heavy atom. The number of aromatic nitrogens is 1. The third kappa shape index (κ3) is 3.92. The highest BCUT2D eigenvalue weighted by atomic mass is 35.5. The topological polar surface area (TPSA) is 57.5 Å². The minimum atomic E-state index is -0.667. The lowest BCUT2D eigenvalue weighted by atomic mass is 10.1. The Morgan fingerprint density at radius 2 is 1.97 bits per heavy atom. The maximum Gasteiger partial charge on any atom is 0.350 e. The van der Waals surface area contributed by atoms with E-state index in [9.17, 15) is 9.59 Å². The molecule has 0 aliphatic heterocycles. The number of fused-ring (bicyclic) bond motifs is 1. The first-order valence-electron chi connectivity index (χ1n) is 8.72. The molecule has 152 valence electrons. The van der Waals surface area contributed by atoms with Gasteiger partial charge in [0.2, 0.25) is 5.78 Å². The Balaban J connectivity index is 1.80. The van der Waals surface area contributed by atoms with Crippen LogP contribution in [0.5, 0.6) is 5.75 Å². The molecule has 0 radical (unpaired) electrons. The molecule has 0 aliphatic rings. The molecule has 0 spiro atoms. The van der Waals surface area contributed by atoms with Crippen LogP contribution in [0, 0.1) is 13.8 Å². The molecular formula is C21H19Cl2NO4S. The second-order valence-electron chi connectivity index (χ2n) is 6.39. The van der Waals surface area contributed by atoms with Crippen LogP contribution in [0.3, 0.4) is 0 Å². The predicted molar refractivity (Wildman–Crippen MR) is 117 cm³/mol. The molecule has 1 aromatic carbocycles. The van der Waals surface area contributed by atoms with Gasteiger partial charge in [-0.3, -0.25) is 4.79 Å². The third-order valence-corrected chi connectivity index (χ3v) is 6.82. The predicted octanol–water partition coefficient (Wildman–Crippen LogP) is 5.86. The lowest BCUT2D eigenvalue weighted by Gasteiger charge is -2.06. The first-order chi connectivity index (χ1) is 13.8. The number of rotatable bonds is 7. The van der Waals surface area contributed by atoms with Crippen molar-refractivity contribution < 1.29 is 19.1 Å². The number of carbonyl (C=O) groups is 2. The Labute approximate surface area is 182 Å². The van der Waals surface area contributed by atoms with Crippen LogP contribution in [0.15, 0.2) is 30.9 Å². The summed E-state index contributed by atoms with van der Waals surface area (Å²) < 4.78 is 13.0. The zero-order valence-electron chi connectivity index (χ0n) is 16.2. The van der Waals surface area contributed by atoms with Gasteiger partial charge in [-0.15, -0.1) is 17.9 Å². The summed E-state index contributed by atoms with van der Waals surface area (Å²) in [6.45, 7) is 7.71. The molecule has 5 nitrogen and oxygen atoms in total. The number of hydrogen-bond donors (Lipinski definition) is 0. The summed E-state index contributed by atoms with van der Waals surface area (Å²) >= 11 is 13.8. The quantitative estimate of drug-likeness (QED) is 0.256. The summed E-state index contributed by atoms with van der Waals surface area (Å²) in [5, 5.41) is 1.26. The average molecular weight is 452 g/mol. The standard InChI is InChI=1S/C21H19Cl2NO4S/c1-5-8-24-11(2)9-14(12(24)3)15(25)10-28-21(26)20-17(22)13-6-7-16(27-4)18(23)19(13)29-20/h5-7,9H,1,8,10H2,2-4H3. The van der Waals surface area contributed by atoms with E-state index < -0.39 is 5.97 Å². The van der Waals surface area contributed by atoms with Gasteiger partial charge >= 0.3 is 5.97 Å². The van der Waals surface area contributed by atoms with E-state index in [4.69, 9.17) is 32.7 Å². The fourth-order valence-electron chi connectivity index (χ4n) is 3.14. The number of ether oxygens (including phenoxy) is 2. The van der Waals surface area contributed by atoms with E-state index in [1.54, 1.807) is 24.3 Å². The second kappa shape index (κ2) is 8.61. The molecule has 0 saturated carbocycles. The lowest BCUT2D eigenvalue weighted by molar-refractivity contribution is 0.0479. The molecular weight excluding hydrogens is 433 g/mol. The molecule has 3 aromatic rings. The normalized spacial score (nSPS) is 10.9. The van der Waals surface area contributed by atoms with Gasteiger partial charge in [-0.2, -0.15) is 0 Å². The average Bonchev–Trinajstić information content (AvgIpc) is 3.19. The lowest BCUT2D eigenvalue weighted by Crippen LogP contribution is -2.14. The number of carbonyl (C=O) groups excluding carboxylic acids is 2. The first kappa shape index (κ1) is 21.4. The number of ketones is 1. The second-order valence-corrected chi connectivity index (χ2v) is 8.16. The number of allylic oxidation sites excluding steroid dienone is 1. The number of methoxy groups -OCH3 is 1. The number of halogens is 2. The summed E-state index contributed by atoms with van der Waals surface area (Å²) in [5.41, 5.74) is 2.27. The van der Waals surface area contributed by atoms with Crippen molar-refractivity contribution in [3.8, 4) is 5.75 Å². The van der Waals surface area contributed by atoms with E-state index in [1.165, 1.54) is 7.11 Å². The summed E-state index contributed by atoms with van der Waals surface area (Å²) in [7, 11) is 1.51. The van der Waals surface area contributed by atoms with Crippen molar-refractivity contribution in [2.45, 2.75) is 20.4 Å². The van der Waals surface area contributed by atoms with Crippen LogP contribution in [-0.2, 0) is 11.3 Å². The molecule has 0 atom stereocenters. The number of benzene rings is 1. The fraction of sp³-hybridized carbons (Fsp3) is 0.238. The van der Waals surface area contributed by atoms with Crippen molar-refractivity contribution in [3.05, 3.63) is 62.7 Å². The minimum Gasteiger partial charge on any atom is -0.495 e. The van der Waals surface area contributed by atoms with Crippen molar-refractivity contribution in [1.82, 2.24) is 4.57 Å². The maximum atomic E-state index is 12.6. The van der Waals surface area contributed by atoms with Gasteiger partial charge in [0, 0.05) is 28.9 Å². The molecule has 0 amide bonds. The molecule has 0 unspecified atom stereocenters.